The molecule has 1 aliphatic rings. The number of hydrogen-bond acceptors (Lipinski definition) is 3. The molecule has 0 heterocycles. The number of nitrogens with zero attached hydrogens (tertiary/aromatic N) is 1. The molecular weight excluding hydrogens is 226 g/mol. The zero-order chi connectivity index (χ0) is 13.3. The Kier molecular flexibility index (Phi) is 3.71. The quantitative estimate of drug-likeness (QED) is 0.818. The van der Waals surface area contributed by atoms with Gasteiger partial charge in [-0.3, -0.25) is 4.79 Å². The van der Waals surface area contributed by atoms with E-state index in [4.69, 9.17) is 4.74 Å². The van der Waals surface area contributed by atoms with Crippen LogP contribution in [0.1, 0.15) is 29.8 Å². The molecule has 0 saturated carbocycles. The largest absolute Gasteiger partial charge is 0.489 e. The lowest BCUT2D eigenvalue weighted by Gasteiger charge is -2.19. The van der Waals surface area contributed by atoms with Crippen molar-refractivity contribution in [3.8, 4) is 5.75 Å². The number of Topliss-reactive ketones (excluding diaryl/α,β-unsaturated/α-hetero) is 1. The number of ether oxygens (including phenoxy) is 1. The van der Waals surface area contributed by atoms with E-state index in [2.05, 4.69) is 4.90 Å². The highest BCUT2D eigenvalue weighted by molar-refractivity contribution is 6.02. The van der Waals surface area contributed by atoms with Crippen LogP contribution < -0.4 is 4.74 Å². The van der Waals surface area contributed by atoms with Crippen molar-refractivity contribution in [2.24, 2.45) is 5.92 Å². The normalized spacial score (nSPS) is 20.1. The van der Waals surface area contributed by atoms with E-state index in [0.29, 0.717) is 0 Å². The van der Waals surface area contributed by atoms with Gasteiger partial charge in [0, 0.05) is 18.0 Å². The van der Waals surface area contributed by atoms with E-state index in [1.165, 1.54) is 0 Å². The van der Waals surface area contributed by atoms with Crippen LogP contribution in [-0.4, -0.2) is 37.4 Å². The summed E-state index contributed by atoms with van der Waals surface area (Å²) in [7, 11) is 4.04. The van der Waals surface area contributed by atoms with Gasteiger partial charge in [-0.1, -0.05) is 13.0 Å². The molecule has 0 N–H and O–H groups in total. The second-order valence-corrected chi connectivity index (χ2v) is 5.48. The maximum atomic E-state index is 11.9. The molecule has 0 amide bonds. The lowest BCUT2D eigenvalue weighted by atomic mass is 10.1. The number of hydrogen-bond donors (Lipinski definition) is 0. The van der Waals surface area contributed by atoms with Crippen LogP contribution in [0.2, 0.25) is 0 Å². The van der Waals surface area contributed by atoms with Gasteiger partial charge in [0.25, 0.3) is 0 Å². The van der Waals surface area contributed by atoms with Gasteiger partial charge in [0.2, 0.25) is 0 Å². The van der Waals surface area contributed by atoms with E-state index >= 15 is 0 Å². The van der Waals surface area contributed by atoms with Crippen molar-refractivity contribution in [3.05, 3.63) is 29.3 Å². The molecule has 0 radical (unpaired) electrons. The van der Waals surface area contributed by atoms with E-state index < -0.39 is 0 Å². The third kappa shape index (κ3) is 2.72. The molecule has 0 saturated heterocycles. The SMILES string of the molecule is C[C@H](CN(C)C)Oc1ccc2c(c1)C(=O)[C@@H](C)C2. The van der Waals surface area contributed by atoms with Gasteiger partial charge in [0.15, 0.2) is 5.78 Å². The smallest absolute Gasteiger partial charge is 0.166 e. The van der Waals surface area contributed by atoms with Crippen molar-refractivity contribution in [3.63, 3.8) is 0 Å². The third-order valence-electron chi connectivity index (χ3n) is 3.28. The number of carbonyl (C=O) groups excluding carboxylic acids is 1. The minimum absolute atomic E-state index is 0.118. The maximum absolute atomic E-state index is 11.9. The maximum Gasteiger partial charge on any atom is 0.166 e. The van der Waals surface area contributed by atoms with E-state index in [-0.39, 0.29) is 17.8 Å². The summed E-state index contributed by atoms with van der Waals surface area (Å²) < 4.78 is 5.84. The molecule has 18 heavy (non-hydrogen) atoms. The fraction of sp³-hybridized carbons (Fsp3) is 0.533. The fourth-order valence-electron chi connectivity index (χ4n) is 2.51. The number of ketones is 1. The standard InChI is InChI=1S/C15H21NO2/c1-10-7-12-5-6-13(8-14(12)15(10)17)18-11(2)9-16(3)4/h5-6,8,10-11H,7,9H2,1-4H3/t10-,11+/m0/s1. The van der Waals surface area contributed by atoms with Crippen LogP contribution in [0.3, 0.4) is 0 Å². The molecule has 0 spiro atoms. The summed E-state index contributed by atoms with van der Waals surface area (Å²) in [5, 5.41) is 0. The highest BCUT2D eigenvalue weighted by atomic mass is 16.5. The summed E-state index contributed by atoms with van der Waals surface area (Å²) in [5.74, 6) is 1.16. The van der Waals surface area contributed by atoms with E-state index in [9.17, 15) is 4.79 Å². The summed E-state index contributed by atoms with van der Waals surface area (Å²) in [6, 6.07) is 5.89. The van der Waals surface area contributed by atoms with Crippen LogP contribution in [0, 0.1) is 5.92 Å². The van der Waals surface area contributed by atoms with Gasteiger partial charge in [-0.05, 0) is 45.1 Å². The molecule has 0 aromatic heterocycles. The van der Waals surface area contributed by atoms with Gasteiger partial charge in [0.1, 0.15) is 11.9 Å². The Labute approximate surface area is 109 Å². The Balaban J connectivity index is 2.11. The van der Waals surface area contributed by atoms with Crippen LogP contribution in [0.15, 0.2) is 18.2 Å². The van der Waals surface area contributed by atoms with E-state index in [1.807, 2.05) is 46.1 Å². The van der Waals surface area contributed by atoms with Crippen LogP contribution in [0.4, 0.5) is 0 Å². The average molecular weight is 247 g/mol. The van der Waals surface area contributed by atoms with Crippen molar-refractivity contribution < 1.29 is 9.53 Å². The minimum Gasteiger partial charge on any atom is -0.489 e. The molecule has 2 rings (SSSR count). The molecule has 1 aromatic rings. The predicted molar refractivity (Wildman–Crippen MR) is 72.3 cm³/mol. The summed E-state index contributed by atoms with van der Waals surface area (Å²) >= 11 is 0. The molecule has 0 bridgehead atoms. The molecule has 0 fully saturated rings. The van der Waals surface area contributed by atoms with Crippen molar-refractivity contribution in [2.45, 2.75) is 26.4 Å². The number of likely N-dealkylation sites (N-methyl/N-ethyl adjacent to an activating group) is 1. The summed E-state index contributed by atoms with van der Waals surface area (Å²) in [6.45, 7) is 4.89. The number of fused-ring (bicyclic) bond motifs is 1. The van der Waals surface area contributed by atoms with Crippen molar-refractivity contribution in [1.29, 1.82) is 0 Å². The zero-order valence-electron chi connectivity index (χ0n) is 11.6. The fourth-order valence-corrected chi connectivity index (χ4v) is 2.51. The second-order valence-electron chi connectivity index (χ2n) is 5.48. The molecular formula is C15H21NO2. The van der Waals surface area contributed by atoms with Crippen molar-refractivity contribution in [1.82, 2.24) is 4.90 Å². The predicted octanol–water partition coefficient (Wildman–Crippen LogP) is 2.39. The molecule has 2 atom stereocenters. The van der Waals surface area contributed by atoms with Gasteiger partial charge in [0.05, 0.1) is 0 Å². The van der Waals surface area contributed by atoms with Crippen molar-refractivity contribution >= 4 is 5.78 Å². The van der Waals surface area contributed by atoms with Crippen LogP contribution >= 0.6 is 0 Å². The molecule has 1 aliphatic carbocycles. The molecule has 3 nitrogen and oxygen atoms in total. The lowest BCUT2D eigenvalue weighted by molar-refractivity contribution is 0.0945. The Morgan fingerprint density at radius 2 is 2.17 bits per heavy atom. The Hall–Kier alpha value is -1.35. The monoisotopic (exact) mass is 247 g/mol. The highest BCUT2D eigenvalue weighted by Gasteiger charge is 2.27. The minimum atomic E-state index is 0.118. The molecule has 3 heteroatoms. The zero-order valence-corrected chi connectivity index (χ0v) is 11.6. The van der Waals surface area contributed by atoms with Gasteiger partial charge in [-0.25, -0.2) is 0 Å². The second kappa shape index (κ2) is 5.11. The lowest BCUT2D eigenvalue weighted by Crippen LogP contribution is -2.28. The first-order chi connectivity index (χ1) is 8.47. The summed E-state index contributed by atoms with van der Waals surface area (Å²) in [4.78, 5) is 14.0. The van der Waals surface area contributed by atoms with Crippen LogP contribution in [0.25, 0.3) is 0 Å². The molecule has 0 aliphatic heterocycles. The van der Waals surface area contributed by atoms with E-state index in [0.717, 1.165) is 29.8 Å². The topological polar surface area (TPSA) is 29.5 Å². The third-order valence-corrected chi connectivity index (χ3v) is 3.28. The van der Waals surface area contributed by atoms with Crippen LogP contribution in [-0.2, 0) is 6.42 Å². The first kappa shape index (κ1) is 13.1. The Morgan fingerprint density at radius 3 is 2.83 bits per heavy atom. The van der Waals surface area contributed by atoms with Gasteiger partial charge < -0.3 is 9.64 Å². The highest BCUT2D eigenvalue weighted by Crippen LogP contribution is 2.29. The first-order valence-corrected chi connectivity index (χ1v) is 6.46. The molecule has 0 unspecified atom stereocenters. The number of carbonyl (C=O) groups is 1. The van der Waals surface area contributed by atoms with Gasteiger partial charge >= 0.3 is 0 Å². The Morgan fingerprint density at radius 1 is 1.44 bits per heavy atom. The van der Waals surface area contributed by atoms with Crippen molar-refractivity contribution in [2.75, 3.05) is 20.6 Å². The number of benzene rings is 1. The Bertz CT molecular complexity index is 454. The van der Waals surface area contributed by atoms with Crippen LogP contribution in [0.5, 0.6) is 5.75 Å². The first-order valence-electron chi connectivity index (χ1n) is 6.46. The molecule has 1 aromatic carbocycles. The van der Waals surface area contributed by atoms with E-state index in [1.54, 1.807) is 0 Å². The average Bonchev–Trinajstić information content (AvgIpc) is 2.54. The van der Waals surface area contributed by atoms with Gasteiger partial charge in [-0.15, -0.1) is 0 Å². The number of rotatable bonds is 4. The summed E-state index contributed by atoms with van der Waals surface area (Å²) in [5.41, 5.74) is 2.00. The van der Waals surface area contributed by atoms with Gasteiger partial charge in [-0.2, -0.15) is 0 Å². The summed E-state index contributed by atoms with van der Waals surface area (Å²) in [6.07, 6.45) is 0.980. The molecule has 98 valence electrons.